The molecule has 0 amide bonds. The third-order valence-corrected chi connectivity index (χ3v) is 4.14. The quantitative estimate of drug-likeness (QED) is 0.740. The number of aromatic nitrogens is 5. The minimum absolute atomic E-state index is 0.173. The van der Waals surface area contributed by atoms with E-state index < -0.39 is 0 Å². The van der Waals surface area contributed by atoms with E-state index in [0.717, 1.165) is 0 Å². The Morgan fingerprint density at radius 1 is 1.27 bits per heavy atom. The molecule has 0 spiro atoms. The second kappa shape index (κ2) is 6.78. The van der Waals surface area contributed by atoms with Crippen molar-refractivity contribution in [2.24, 2.45) is 0 Å². The van der Waals surface area contributed by atoms with Crippen molar-refractivity contribution < 1.29 is 4.74 Å². The summed E-state index contributed by atoms with van der Waals surface area (Å²) in [6.07, 6.45) is 4.91. The summed E-state index contributed by atoms with van der Waals surface area (Å²) in [6, 6.07) is 9.88. The molecule has 1 aliphatic rings. The molecule has 130 valence electrons. The average Bonchev–Trinajstić information content (AvgIpc) is 3.35. The Hall–Kier alpha value is -3.51. The summed E-state index contributed by atoms with van der Waals surface area (Å²) in [5, 5.41) is 20.7. The van der Waals surface area contributed by atoms with Crippen molar-refractivity contribution in [3.63, 3.8) is 0 Å². The lowest BCUT2D eigenvalue weighted by molar-refractivity contribution is 0.182. The van der Waals surface area contributed by atoms with E-state index in [9.17, 15) is 4.79 Å². The Morgan fingerprint density at radius 3 is 2.92 bits per heavy atom. The molecule has 9 heteroatoms. The number of nitriles is 1. The smallest absolute Gasteiger partial charge is 0.267 e. The number of anilines is 1. The second-order valence-electron chi connectivity index (χ2n) is 5.82. The van der Waals surface area contributed by atoms with Gasteiger partial charge in [0, 0.05) is 24.7 Å². The molecule has 1 fully saturated rings. The van der Waals surface area contributed by atoms with Gasteiger partial charge in [0.2, 0.25) is 0 Å². The van der Waals surface area contributed by atoms with E-state index in [-0.39, 0.29) is 17.6 Å². The van der Waals surface area contributed by atoms with Gasteiger partial charge in [0.15, 0.2) is 5.82 Å². The van der Waals surface area contributed by atoms with Gasteiger partial charge in [-0.05, 0) is 24.3 Å². The Morgan fingerprint density at radius 2 is 2.19 bits per heavy atom. The first-order chi connectivity index (χ1) is 12.7. The summed E-state index contributed by atoms with van der Waals surface area (Å²) >= 11 is 0. The van der Waals surface area contributed by atoms with E-state index in [0.29, 0.717) is 30.4 Å². The number of rotatable bonds is 4. The van der Waals surface area contributed by atoms with Gasteiger partial charge in [0.1, 0.15) is 17.9 Å². The Balaban J connectivity index is 1.61. The molecule has 0 bridgehead atoms. The zero-order valence-electron chi connectivity index (χ0n) is 13.7. The number of pyridine rings is 1. The van der Waals surface area contributed by atoms with Gasteiger partial charge < -0.3 is 10.1 Å². The Labute approximate surface area is 148 Å². The molecular formula is C17H15N7O2. The van der Waals surface area contributed by atoms with Crippen molar-refractivity contribution in [3.05, 3.63) is 64.8 Å². The van der Waals surface area contributed by atoms with E-state index in [1.165, 1.54) is 16.9 Å². The van der Waals surface area contributed by atoms with Crippen LogP contribution in [-0.4, -0.2) is 43.8 Å². The number of nitrogens with zero attached hydrogens (tertiary/aromatic N) is 6. The van der Waals surface area contributed by atoms with Gasteiger partial charge in [-0.2, -0.15) is 10.4 Å². The van der Waals surface area contributed by atoms with Gasteiger partial charge in [-0.1, -0.05) is 0 Å². The molecule has 1 N–H and O–H groups in total. The van der Waals surface area contributed by atoms with Gasteiger partial charge in [-0.15, -0.1) is 5.10 Å². The number of hydrogen-bond acceptors (Lipinski definition) is 7. The highest BCUT2D eigenvalue weighted by atomic mass is 16.5. The van der Waals surface area contributed by atoms with Crippen LogP contribution in [0.4, 0.5) is 5.82 Å². The molecule has 4 rings (SSSR count). The zero-order chi connectivity index (χ0) is 17.9. The molecule has 3 aromatic heterocycles. The Bertz CT molecular complexity index is 989. The van der Waals surface area contributed by atoms with Crippen LogP contribution in [0, 0.1) is 11.3 Å². The average molecular weight is 349 g/mol. The fourth-order valence-corrected chi connectivity index (χ4v) is 2.84. The van der Waals surface area contributed by atoms with Crippen LogP contribution >= 0.6 is 0 Å². The lowest BCUT2D eigenvalue weighted by atomic mass is 10.1. The van der Waals surface area contributed by atoms with E-state index in [4.69, 9.17) is 10.00 Å². The summed E-state index contributed by atoms with van der Waals surface area (Å²) in [5.74, 6) is 1.16. The molecule has 1 saturated heterocycles. The van der Waals surface area contributed by atoms with Crippen LogP contribution in [0.2, 0.25) is 0 Å². The van der Waals surface area contributed by atoms with E-state index in [1.807, 2.05) is 6.07 Å². The van der Waals surface area contributed by atoms with E-state index >= 15 is 0 Å². The molecule has 0 aliphatic carbocycles. The molecule has 0 saturated carbocycles. The van der Waals surface area contributed by atoms with Gasteiger partial charge >= 0.3 is 0 Å². The molecule has 2 atom stereocenters. The Kier molecular flexibility index (Phi) is 4.17. The topological polar surface area (TPSA) is 111 Å². The standard InChI is InChI=1S/C17H15N7O2/c18-8-12-2-3-15(19-9-12)21-13-10-26-11-14(13)24-17(25)5-4-16(22-24)23-7-1-6-20-23/h1-7,9,13-14H,10-11H2,(H,19,21). The van der Waals surface area contributed by atoms with Crippen LogP contribution in [-0.2, 0) is 4.74 Å². The summed E-state index contributed by atoms with van der Waals surface area (Å²) < 4.78 is 8.58. The van der Waals surface area contributed by atoms with Crippen molar-refractivity contribution in [2.45, 2.75) is 12.1 Å². The lowest BCUT2D eigenvalue weighted by Crippen LogP contribution is -2.37. The molecule has 4 heterocycles. The van der Waals surface area contributed by atoms with Crippen LogP contribution in [0.25, 0.3) is 5.82 Å². The second-order valence-corrected chi connectivity index (χ2v) is 5.82. The number of ether oxygens (including phenoxy) is 1. The van der Waals surface area contributed by atoms with Crippen molar-refractivity contribution in [2.75, 3.05) is 18.5 Å². The van der Waals surface area contributed by atoms with Crippen molar-refractivity contribution in [1.82, 2.24) is 24.5 Å². The minimum atomic E-state index is -0.282. The molecule has 2 unspecified atom stereocenters. The van der Waals surface area contributed by atoms with Gasteiger partial charge in [0.25, 0.3) is 5.56 Å². The zero-order valence-corrected chi connectivity index (χ0v) is 13.7. The van der Waals surface area contributed by atoms with Crippen molar-refractivity contribution in [1.29, 1.82) is 5.26 Å². The van der Waals surface area contributed by atoms with Crippen LogP contribution < -0.4 is 10.9 Å². The first-order valence-corrected chi connectivity index (χ1v) is 8.05. The van der Waals surface area contributed by atoms with E-state index in [1.54, 1.807) is 41.3 Å². The highest BCUT2D eigenvalue weighted by molar-refractivity contribution is 5.40. The summed E-state index contributed by atoms with van der Waals surface area (Å²) in [6.45, 7) is 0.788. The molecular weight excluding hydrogens is 334 g/mol. The van der Waals surface area contributed by atoms with Gasteiger partial charge in [-0.3, -0.25) is 4.79 Å². The molecule has 0 radical (unpaired) electrons. The monoisotopic (exact) mass is 349 g/mol. The summed E-state index contributed by atoms with van der Waals surface area (Å²) in [7, 11) is 0. The lowest BCUT2D eigenvalue weighted by Gasteiger charge is -2.21. The van der Waals surface area contributed by atoms with Crippen molar-refractivity contribution in [3.8, 4) is 11.9 Å². The van der Waals surface area contributed by atoms with Crippen LogP contribution in [0.1, 0.15) is 11.6 Å². The highest BCUT2D eigenvalue weighted by Gasteiger charge is 2.31. The van der Waals surface area contributed by atoms with Gasteiger partial charge in [0.05, 0.1) is 24.8 Å². The normalized spacial score (nSPS) is 19.2. The third-order valence-electron chi connectivity index (χ3n) is 4.14. The summed E-state index contributed by atoms with van der Waals surface area (Å²) in [5.41, 5.74) is 0.274. The van der Waals surface area contributed by atoms with E-state index in [2.05, 4.69) is 20.5 Å². The fraction of sp³-hybridized carbons (Fsp3) is 0.235. The maximum absolute atomic E-state index is 12.3. The predicted molar refractivity (Wildman–Crippen MR) is 91.8 cm³/mol. The van der Waals surface area contributed by atoms with Crippen molar-refractivity contribution >= 4 is 5.82 Å². The number of nitrogens with one attached hydrogen (secondary N) is 1. The first-order valence-electron chi connectivity index (χ1n) is 8.05. The van der Waals surface area contributed by atoms with Gasteiger partial charge in [-0.25, -0.2) is 14.3 Å². The summed E-state index contributed by atoms with van der Waals surface area (Å²) in [4.78, 5) is 16.6. The maximum atomic E-state index is 12.3. The molecule has 9 nitrogen and oxygen atoms in total. The third kappa shape index (κ3) is 3.05. The fourth-order valence-electron chi connectivity index (χ4n) is 2.84. The minimum Gasteiger partial charge on any atom is -0.377 e. The molecule has 0 aromatic carbocycles. The maximum Gasteiger partial charge on any atom is 0.267 e. The highest BCUT2D eigenvalue weighted by Crippen LogP contribution is 2.21. The largest absolute Gasteiger partial charge is 0.377 e. The number of hydrogen-bond donors (Lipinski definition) is 1. The molecule has 26 heavy (non-hydrogen) atoms. The molecule has 1 aliphatic heterocycles. The van der Waals surface area contributed by atoms with Crippen LogP contribution in [0.5, 0.6) is 0 Å². The van der Waals surface area contributed by atoms with Crippen LogP contribution in [0.3, 0.4) is 0 Å². The molecule has 3 aromatic rings. The predicted octanol–water partition coefficient (Wildman–Crippen LogP) is 0.748. The SMILES string of the molecule is N#Cc1ccc(NC2COCC2n2nc(-n3cccn3)ccc2=O)nc1. The van der Waals surface area contributed by atoms with Crippen LogP contribution in [0.15, 0.2) is 53.7 Å². The first kappa shape index (κ1) is 16.0.